The standard InChI is InChI=1S/C12H21N5O2/c1-3-16-6-7-19-8-11(16)12(18)13-4-5-17-9-14-15-10(17)2/h9,11H,3-8H2,1-2H3,(H,13,18). The van der Waals surface area contributed by atoms with E-state index >= 15 is 0 Å². The van der Waals surface area contributed by atoms with Crippen LogP contribution in [0.5, 0.6) is 0 Å². The molecule has 1 N–H and O–H groups in total. The number of nitrogens with zero attached hydrogens (tertiary/aromatic N) is 4. The zero-order valence-electron chi connectivity index (χ0n) is 11.5. The fourth-order valence-corrected chi connectivity index (χ4v) is 2.21. The van der Waals surface area contributed by atoms with Gasteiger partial charge in [-0.1, -0.05) is 6.92 Å². The highest BCUT2D eigenvalue weighted by Crippen LogP contribution is 2.06. The molecule has 19 heavy (non-hydrogen) atoms. The maximum Gasteiger partial charge on any atom is 0.239 e. The number of hydrogen-bond donors (Lipinski definition) is 1. The number of carbonyl (C=O) groups excluding carboxylic acids is 1. The second kappa shape index (κ2) is 6.63. The van der Waals surface area contributed by atoms with E-state index in [0.717, 1.165) is 18.9 Å². The van der Waals surface area contributed by atoms with Crippen molar-refractivity contribution in [2.75, 3.05) is 32.8 Å². The highest BCUT2D eigenvalue weighted by molar-refractivity contribution is 5.81. The fraction of sp³-hybridized carbons (Fsp3) is 0.750. The van der Waals surface area contributed by atoms with Gasteiger partial charge >= 0.3 is 0 Å². The maximum atomic E-state index is 12.1. The van der Waals surface area contributed by atoms with Crippen LogP contribution in [-0.4, -0.2) is 64.5 Å². The van der Waals surface area contributed by atoms with Crippen LogP contribution in [0.25, 0.3) is 0 Å². The Morgan fingerprint density at radius 2 is 2.47 bits per heavy atom. The second-order valence-corrected chi connectivity index (χ2v) is 4.58. The van der Waals surface area contributed by atoms with Gasteiger partial charge in [0.05, 0.1) is 13.2 Å². The molecule has 1 fully saturated rings. The molecule has 0 bridgehead atoms. The molecule has 1 saturated heterocycles. The van der Waals surface area contributed by atoms with Gasteiger partial charge in [-0.25, -0.2) is 0 Å². The smallest absolute Gasteiger partial charge is 0.239 e. The Labute approximate surface area is 112 Å². The van der Waals surface area contributed by atoms with Gasteiger partial charge in [-0.15, -0.1) is 10.2 Å². The molecule has 106 valence electrons. The molecule has 1 unspecified atom stereocenters. The minimum atomic E-state index is -0.166. The maximum absolute atomic E-state index is 12.1. The zero-order valence-corrected chi connectivity index (χ0v) is 11.5. The summed E-state index contributed by atoms with van der Waals surface area (Å²) in [7, 11) is 0. The van der Waals surface area contributed by atoms with E-state index in [1.54, 1.807) is 6.33 Å². The summed E-state index contributed by atoms with van der Waals surface area (Å²) in [6, 6.07) is -0.166. The van der Waals surface area contributed by atoms with Crippen LogP contribution in [0.4, 0.5) is 0 Å². The summed E-state index contributed by atoms with van der Waals surface area (Å²) in [6.07, 6.45) is 1.67. The average molecular weight is 267 g/mol. The minimum Gasteiger partial charge on any atom is -0.378 e. The SMILES string of the molecule is CCN1CCOCC1C(=O)NCCn1cnnc1C. The van der Waals surface area contributed by atoms with E-state index in [2.05, 4.69) is 27.3 Å². The number of amides is 1. The number of rotatable bonds is 5. The second-order valence-electron chi connectivity index (χ2n) is 4.58. The van der Waals surface area contributed by atoms with E-state index in [9.17, 15) is 4.79 Å². The number of hydrogen-bond acceptors (Lipinski definition) is 5. The number of morpholine rings is 1. The number of ether oxygens (including phenoxy) is 1. The molecule has 2 rings (SSSR count). The fourth-order valence-electron chi connectivity index (χ4n) is 2.21. The van der Waals surface area contributed by atoms with Crippen molar-refractivity contribution in [3.8, 4) is 0 Å². The predicted molar refractivity (Wildman–Crippen MR) is 69.6 cm³/mol. The van der Waals surface area contributed by atoms with Crippen LogP contribution in [0.1, 0.15) is 12.7 Å². The molecular formula is C12H21N5O2. The molecule has 1 aliphatic heterocycles. The highest BCUT2D eigenvalue weighted by atomic mass is 16.5. The molecule has 0 saturated carbocycles. The number of carbonyl (C=O) groups is 1. The van der Waals surface area contributed by atoms with Gasteiger partial charge in [-0.3, -0.25) is 9.69 Å². The summed E-state index contributed by atoms with van der Waals surface area (Å²) in [6.45, 7) is 8.08. The Kier molecular flexibility index (Phi) is 4.86. The Morgan fingerprint density at radius 3 is 3.16 bits per heavy atom. The van der Waals surface area contributed by atoms with Crippen molar-refractivity contribution in [1.82, 2.24) is 25.0 Å². The molecule has 1 aromatic rings. The monoisotopic (exact) mass is 267 g/mol. The Hall–Kier alpha value is -1.47. The summed E-state index contributed by atoms with van der Waals surface area (Å²) >= 11 is 0. The molecule has 1 amide bonds. The van der Waals surface area contributed by atoms with Crippen LogP contribution in [0.2, 0.25) is 0 Å². The number of nitrogens with one attached hydrogen (secondary N) is 1. The molecule has 0 aromatic carbocycles. The third-order valence-corrected chi connectivity index (χ3v) is 3.41. The number of likely N-dealkylation sites (N-methyl/N-ethyl adjacent to an activating group) is 1. The van der Waals surface area contributed by atoms with Gasteiger partial charge in [0.2, 0.25) is 5.91 Å². The first-order valence-corrected chi connectivity index (χ1v) is 6.66. The van der Waals surface area contributed by atoms with Crippen molar-refractivity contribution in [3.63, 3.8) is 0 Å². The van der Waals surface area contributed by atoms with E-state index in [4.69, 9.17) is 4.74 Å². The summed E-state index contributed by atoms with van der Waals surface area (Å²) in [4.78, 5) is 14.2. The number of aryl methyl sites for hydroxylation is 1. The molecule has 1 atom stereocenters. The normalized spacial score (nSPS) is 20.4. The lowest BCUT2D eigenvalue weighted by atomic mass is 10.2. The van der Waals surface area contributed by atoms with Crippen molar-refractivity contribution in [2.24, 2.45) is 0 Å². The first kappa shape index (κ1) is 14.0. The van der Waals surface area contributed by atoms with E-state index in [0.29, 0.717) is 26.3 Å². The topological polar surface area (TPSA) is 72.3 Å². The molecule has 1 aliphatic rings. The summed E-state index contributed by atoms with van der Waals surface area (Å²) in [5, 5.41) is 10.7. The van der Waals surface area contributed by atoms with Gasteiger partial charge < -0.3 is 14.6 Å². The van der Waals surface area contributed by atoms with Crippen LogP contribution in [-0.2, 0) is 16.1 Å². The Morgan fingerprint density at radius 1 is 1.63 bits per heavy atom. The van der Waals surface area contributed by atoms with Crippen molar-refractivity contribution < 1.29 is 9.53 Å². The van der Waals surface area contributed by atoms with Gasteiger partial charge in [0, 0.05) is 19.6 Å². The van der Waals surface area contributed by atoms with E-state index in [1.807, 2.05) is 11.5 Å². The van der Waals surface area contributed by atoms with Crippen molar-refractivity contribution >= 4 is 5.91 Å². The lowest BCUT2D eigenvalue weighted by Crippen LogP contribution is -2.53. The first-order chi connectivity index (χ1) is 9.22. The molecule has 0 radical (unpaired) electrons. The van der Waals surface area contributed by atoms with E-state index in [-0.39, 0.29) is 11.9 Å². The zero-order chi connectivity index (χ0) is 13.7. The highest BCUT2D eigenvalue weighted by Gasteiger charge is 2.27. The van der Waals surface area contributed by atoms with Gasteiger partial charge in [-0.2, -0.15) is 0 Å². The Balaban J connectivity index is 1.79. The van der Waals surface area contributed by atoms with Crippen LogP contribution in [0.3, 0.4) is 0 Å². The number of aromatic nitrogens is 3. The van der Waals surface area contributed by atoms with Gasteiger partial charge in [-0.05, 0) is 13.5 Å². The molecule has 7 nitrogen and oxygen atoms in total. The molecule has 0 spiro atoms. The first-order valence-electron chi connectivity index (χ1n) is 6.66. The lowest BCUT2D eigenvalue weighted by molar-refractivity contribution is -0.132. The summed E-state index contributed by atoms with van der Waals surface area (Å²) in [5.41, 5.74) is 0. The van der Waals surface area contributed by atoms with Crippen LogP contribution < -0.4 is 5.32 Å². The van der Waals surface area contributed by atoms with Crippen LogP contribution >= 0.6 is 0 Å². The molecule has 1 aromatic heterocycles. The molecular weight excluding hydrogens is 246 g/mol. The van der Waals surface area contributed by atoms with Crippen LogP contribution in [0.15, 0.2) is 6.33 Å². The Bertz CT molecular complexity index is 420. The van der Waals surface area contributed by atoms with Crippen LogP contribution in [0, 0.1) is 6.92 Å². The van der Waals surface area contributed by atoms with Gasteiger partial charge in [0.1, 0.15) is 18.2 Å². The third-order valence-electron chi connectivity index (χ3n) is 3.41. The van der Waals surface area contributed by atoms with Crippen molar-refractivity contribution in [2.45, 2.75) is 26.4 Å². The lowest BCUT2D eigenvalue weighted by Gasteiger charge is -2.33. The minimum absolute atomic E-state index is 0.0345. The van der Waals surface area contributed by atoms with Gasteiger partial charge in [0.25, 0.3) is 0 Å². The quantitative estimate of drug-likeness (QED) is 0.773. The van der Waals surface area contributed by atoms with E-state index < -0.39 is 0 Å². The largest absolute Gasteiger partial charge is 0.378 e. The summed E-state index contributed by atoms with van der Waals surface area (Å²) < 4.78 is 7.29. The van der Waals surface area contributed by atoms with Crippen molar-refractivity contribution in [1.29, 1.82) is 0 Å². The molecule has 2 heterocycles. The van der Waals surface area contributed by atoms with Crippen molar-refractivity contribution in [3.05, 3.63) is 12.2 Å². The predicted octanol–water partition coefficient (Wildman–Crippen LogP) is -0.577. The average Bonchev–Trinajstić information content (AvgIpc) is 2.84. The molecule has 0 aliphatic carbocycles. The summed E-state index contributed by atoms with van der Waals surface area (Å²) in [5.74, 6) is 0.887. The van der Waals surface area contributed by atoms with Gasteiger partial charge in [0.15, 0.2) is 0 Å². The third kappa shape index (κ3) is 3.51. The molecule has 7 heteroatoms. The van der Waals surface area contributed by atoms with E-state index in [1.165, 1.54) is 0 Å².